The highest BCUT2D eigenvalue weighted by Gasteiger charge is 2.35. The van der Waals surface area contributed by atoms with Crippen LogP contribution in [0, 0.1) is 0 Å². The van der Waals surface area contributed by atoms with Crippen molar-refractivity contribution in [2.45, 2.75) is 6.18 Å². The largest absolute Gasteiger partial charge is 0.402 e. The maximum absolute atomic E-state index is 12.1. The third-order valence-corrected chi connectivity index (χ3v) is 3.45. The topological polar surface area (TPSA) is 72.6 Å². The van der Waals surface area contributed by atoms with Crippen LogP contribution >= 0.6 is 0 Å². The second-order valence-corrected chi connectivity index (χ2v) is 5.13. The number of ether oxygens (including phenoxy) is 1. The number of alkyl halides is 3. The minimum absolute atomic E-state index is 0.152. The van der Waals surface area contributed by atoms with E-state index in [2.05, 4.69) is 4.74 Å². The number of rotatable bonds is 7. The van der Waals surface area contributed by atoms with Crippen LogP contribution in [0.4, 0.5) is 13.2 Å². The van der Waals surface area contributed by atoms with E-state index in [0.29, 0.717) is 4.31 Å². The molecule has 0 aliphatic heterocycles. The smallest absolute Gasteiger partial charge is 0.384 e. The Morgan fingerprint density at radius 2 is 1.94 bits per heavy atom. The van der Waals surface area contributed by atoms with Gasteiger partial charge < -0.3 is 10.5 Å². The van der Waals surface area contributed by atoms with E-state index in [9.17, 15) is 21.6 Å². The van der Waals surface area contributed by atoms with Gasteiger partial charge in [0.1, 0.15) is 6.54 Å². The fourth-order valence-corrected chi connectivity index (χ4v) is 2.34. The van der Waals surface area contributed by atoms with Crippen LogP contribution in [-0.2, 0) is 14.8 Å². The van der Waals surface area contributed by atoms with E-state index >= 15 is 0 Å². The summed E-state index contributed by atoms with van der Waals surface area (Å²) in [5.74, 6) is -0.487. The Balaban J connectivity index is 4.63. The molecule has 0 aliphatic carbocycles. The van der Waals surface area contributed by atoms with E-state index in [-0.39, 0.29) is 19.7 Å². The molecule has 0 aromatic heterocycles. The molecule has 9 heteroatoms. The molecule has 0 saturated carbocycles. The van der Waals surface area contributed by atoms with Crippen LogP contribution in [0.1, 0.15) is 0 Å². The predicted octanol–water partition coefficient (Wildman–Crippen LogP) is -0.214. The van der Waals surface area contributed by atoms with Crippen molar-refractivity contribution in [1.82, 2.24) is 4.31 Å². The van der Waals surface area contributed by atoms with Crippen molar-refractivity contribution in [2.24, 2.45) is 5.73 Å². The molecule has 0 aliphatic rings. The molecule has 5 nitrogen and oxygen atoms in total. The lowest BCUT2D eigenvalue weighted by molar-refractivity contribution is -0.136. The number of nitrogens with two attached hydrogens (primary N) is 1. The van der Waals surface area contributed by atoms with Gasteiger partial charge in [0, 0.05) is 20.2 Å². The van der Waals surface area contributed by atoms with Gasteiger partial charge in [0.25, 0.3) is 0 Å². The molecule has 0 heterocycles. The molecule has 0 aromatic carbocycles. The van der Waals surface area contributed by atoms with Crippen molar-refractivity contribution >= 4 is 10.0 Å². The molecule has 0 aromatic rings. The van der Waals surface area contributed by atoms with Crippen LogP contribution in [0.25, 0.3) is 0 Å². The summed E-state index contributed by atoms with van der Waals surface area (Å²) in [6.07, 6.45) is -4.57. The molecular formula is C7H15F3N2O3S. The molecule has 0 radical (unpaired) electrons. The summed E-state index contributed by atoms with van der Waals surface area (Å²) < 4.78 is 64.0. The van der Waals surface area contributed by atoms with Crippen molar-refractivity contribution in [3.05, 3.63) is 0 Å². The quantitative estimate of drug-likeness (QED) is 0.690. The monoisotopic (exact) mass is 264 g/mol. The Morgan fingerprint density at radius 1 is 1.38 bits per heavy atom. The molecule has 0 bridgehead atoms. The van der Waals surface area contributed by atoms with Gasteiger partial charge in [0.2, 0.25) is 10.0 Å². The standard InChI is InChI=1S/C7H15F3N2O3S/c1-15-4-5-16(13,14)12(3-2-11)6-7(8,9)10/h2-6,11H2,1H3. The summed E-state index contributed by atoms with van der Waals surface area (Å²) in [6, 6.07) is 0. The van der Waals surface area contributed by atoms with E-state index in [4.69, 9.17) is 5.73 Å². The van der Waals surface area contributed by atoms with E-state index < -0.39 is 28.5 Å². The van der Waals surface area contributed by atoms with Crippen LogP contribution in [0.3, 0.4) is 0 Å². The number of hydrogen-bond acceptors (Lipinski definition) is 4. The second-order valence-electron chi connectivity index (χ2n) is 3.05. The molecule has 0 saturated heterocycles. The lowest BCUT2D eigenvalue weighted by atomic mass is 10.5. The Bertz CT molecular complexity index is 292. The summed E-state index contributed by atoms with van der Waals surface area (Å²) >= 11 is 0. The number of halogens is 3. The van der Waals surface area contributed by atoms with Crippen molar-refractivity contribution in [3.8, 4) is 0 Å². The summed E-state index contributed by atoms with van der Waals surface area (Å²) in [7, 11) is -2.70. The van der Waals surface area contributed by atoms with Gasteiger partial charge >= 0.3 is 6.18 Å². The molecule has 0 spiro atoms. The average Bonchev–Trinajstić information content (AvgIpc) is 2.12. The first-order chi connectivity index (χ1) is 7.23. The van der Waals surface area contributed by atoms with Gasteiger partial charge in [-0.1, -0.05) is 0 Å². The first kappa shape index (κ1) is 15.6. The van der Waals surface area contributed by atoms with Crippen LogP contribution in [0.15, 0.2) is 0 Å². The third kappa shape index (κ3) is 6.26. The Kier molecular flexibility index (Phi) is 6.23. The number of methoxy groups -OCH3 is 1. The van der Waals surface area contributed by atoms with Gasteiger partial charge in [-0.15, -0.1) is 0 Å². The first-order valence-corrected chi connectivity index (χ1v) is 6.07. The van der Waals surface area contributed by atoms with Gasteiger partial charge in [0.05, 0.1) is 12.4 Å². The molecule has 0 fully saturated rings. The van der Waals surface area contributed by atoms with Crippen LogP contribution < -0.4 is 5.73 Å². The van der Waals surface area contributed by atoms with E-state index in [1.807, 2.05) is 0 Å². The van der Waals surface area contributed by atoms with Crippen molar-refractivity contribution in [2.75, 3.05) is 39.1 Å². The highest BCUT2D eigenvalue weighted by atomic mass is 32.2. The van der Waals surface area contributed by atoms with E-state index in [0.717, 1.165) is 0 Å². The van der Waals surface area contributed by atoms with Crippen molar-refractivity contribution < 1.29 is 26.3 Å². The normalized spacial score (nSPS) is 13.4. The van der Waals surface area contributed by atoms with Gasteiger partial charge in [-0.25, -0.2) is 8.42 Å². The molecule has 0 unspecified atom stereocenters. The lowest BCUT2D eigenvalue weighted by Crippen LogP contribution is -2.43. The average molecular weight is 264 g/mol. The molecular weight excluding hydrogens is 249 g/mol. The number of hydrogen-bond donors (Lipinski definition) is 1. The summed E-state index contributed by atoms with van der Waals surface area (Å²) in [6.45, 7) is -2.19. The third-order valence-electron chi connectivity index (χ3n) is 1.67. The molecule has 2 N–H and O–H groups in total. The molecule has 16 heavy (non-hydrogen) atoms. The van der Waals surface area contributed by atoms with Crippen LogP contribution in [0.2, 0.25) is 0 Å². The highest BCUT2D eigenvalue weighted by Crippen LogP contribution is 2.18. The zero-order valence-electron chi connectivity index (χ0n) is 8.83. The maximum Gasteiger partial charge on any atom is 0.402 e. The lowest BCUT2D eigenvalue weighted by Gasteiger charge is -2.22. The van der Waals surface area contributed by atoms with Gasteiger partial charge in [-0.3, -0.25) is 0 Å². The van der Waals surface area contributed by atoms with Gasteiger partial charge in [0.15, 0.2) is 0 Å². The summed E-state index contributed by atoms with van der Waals surface area (Å²) in [4.78, 5) is 0. The Hall–Kier alpha value is -0.380. The van der Waals surface area contributed by atoms with Gasteiger partial charge in [-0.05, 0) is 0 Å². The van der Waals surface area contributed by atoms with E-state index in [1.165, 1.54) is 7.11 Å². The van der Waals surface area contributed by atoms with Crippen LogP contribution in [0.5, 0.6) is 0 Å². The highest BCUT2D eigenvalue weighted by molar-refractivity contribution is 7.89. The minimum atomic E-state index is -4.57. The number of sulfonamides is 1. The fourth-order valence-electron chi connectivity index (χ4n) is 0.978. The SMILES string of the molecule is COCCS(=O)(=O)N(CCN)CC(F)(F)F. The van der Waals surface area contributed by atoms with Crippen molar-refractivity contribution in [1.29, 1.82) is 0 Å². The van der Waals surface area contributed by atoms with Crippen molar-refractivity contribution in [3.63, 3.8) is 0 Å². The maximum atomic E-state index is 12.1. The molecule has 0 rings (SSSR count). The zero-order chi connectivity index (χ0) is 12.8. The minimum Gasteiger partial charge on any atom is -0.384 e. The Morgan fingerprint density at radius 3 is 2.31 bits per heavy atom. The van der Waals surface area contributed by atoms with Gasteiger partial charge in [-0.2, -0.15) is 17.5 Å². The second kappa shape index (κ2) is 6.38. The molecule has 0 atom stereocenters. The fraction of sp³-hybridized carbons (Fsp3) is 1.00. The first-order valence-electron chi connectivity index (χ1n) is 4.46. The summed E-state index contributed by atoms with van der Waals surface area (Å²) in [5.41, 5.74) is 5.07. The number of nitrogens with zero attached hydrogens (tertiary/aromatic N) is 1. The Labute approximate surface area is 92.4 Å². The zero-order valence-corrected chi connectivity index (χ0v) is 9.64. The van der Waals surface area contributed by atoms with E-state index in [1.54, 1.807) is 0 Å². The predicted molar refractivity (Wildman–Crippen MR) is 52.3 cm³/mol. The summed E-state index contributed by atoms with van der Waals surface area (Å²) in [5, 5.41) is 0. The molecule has 98 valence electrons. The van der Waals surface area contributed by atoms with Crippen LogP contribution in [-0.4, -0.2) is 58.0 Å². The molecule has 0 amide bonds.